The summed E-state index contributed by atoms with van der Waals surface area (Å²) >= 11 is 0. The van der Waals surface area contributed by atoms with Gasteiger partial charge in [0, 0.05) is 24.6 Å². The summed E-state index contributed by atoms with van der Waals surface area (Å²) in [6, 6.07) is 5.02. The van der Waals surface area contributed by atoms with Gasteiger partial charge in [-0.15, -0.1) is 0 Å². The first-order chi connectivity index (χ1) is 7.61. The van der Waals surface area contributed by atoms with Crippen LogP contribution >= 0.6 is 0 Å². The molecule has 1 aliphatic heterocycles. The second kappa shape index (κ2) is 4.14. The number of amides is 1. The van der Waals surface area contributed by atoms with E-state index in [9.17, 15) is 9.90 Å². The van der Waals surface area contributed by atoms with Gasteiger partial charge in [-0.3, -0.25) is 4.79 Å². The van der Waals surface area contributed by atoms with Gasteiger partial charge in [0.1, 0.15) is 5.75 Å². The third kappa shape index (κ3) is 1.88. The van der Waals surface area contributed by atoms with E-state index in [1.807, 2.05) is 0 Å². The van der Waals surface area contributed by atoms with Crippen molar-refractivity contribution in [3.63, 3.8) is 0 Å². The molecule has 1 saturated heterocycles. The minimum atomic E-state index is -0.0278. The summed E-state index contributed by atoms with van der Waals surface area (Å²) in [4.78, 5) is 13.7. The fourth-order valence-corrected chi connectivity index (χ4v) is 1.81. The van der Waals surface area contributed by atoms with Gasteiger partial charge in [-0.1, -0.05) is 6.07 Å². The fourth-order valence-electron chi connectivity index (χ4n) is 1.81. The first kappa shape index (κ1) is 11.0. The molecule has 0 aliphatic carbocycles. The predicted octanol–water partition coefficient (Wildman–Crippen LogP) is 0.731. The van der Waals surface area contributed by atoms with Crippen LogP contribution < -0.4 is 5.73 Å². The van der Waals surface area contributed by atoms with Gasteiger partial charge < -0.3 is 15.7 Å². The molecular formula is C12H16N2O2. The van der Waals surface area contributed by atoms with E-state index in [1.54, 1.807) is 24.0 Å². The molecule has 86 valence electrons. The lowest BCUT2D eigenvalue weighted by Gasteiger charge is -2.38. The molecule has 1 heterocycles. The summed E-state index contributed by atoms with van der Waals surface area (Å²) in [5.74, 6) is 0.574. The maximum absolute atomic E-state index is 11.9. The van der Waals surface area contributed by atoms with E-state index in [4.69, 9.17) is 5.73 Å². The van der Waals surface area contributed by atoms with E-state index < -0.39 is 0 Å². The van der Waals surface area contributed by atoms with Crippen LogP contribution in [0.3, 0.4) is 0 Å². The zero-order valence-electron chi connectivity index (χ0n) is 9.31. The van der Waals surface area contributed by atoms with Crippen molar-refractivity contribution in [2.45, 2.75) is 6.92 Å². The molecule has 1 aromatic rings. The molecule has 0 aromatic heterocycles. The smallest absolute Gasteiger partial charge is 0.254 e. The maximum atomic E-state index is 11.9. The van der Waals surface area contributed by atoms with Crippen LogP contribution in [0, 0.1) is 12.8 Å². The lowest BCUT2D eigenvalue weighted by Crippen LogP contribution is -2.52. The molecular weight excluding hydrogens is 204 g/mol. The highest BCUT2D eigenvalue weighted by Crippen LogP contribution is 2.22. The molecule has 1 amide bonds. The van der Waals surface area contributed by atoms with Crippen LogP contribution in [0.4, 0.5) is 0 Å². The van der Waals surface area contributed by atoms with Gasteiger partial charge in [0.25, 0.3) is 5.91 Å². The number of carbonyl (C=O) groups is 1. The van der Waals surface area contributed by atoms with Crippen molar-refractivity contribution < 1.29 is 9.90 Å². The zero-order valence-corrected chi connectivity index (χ0v) is 9.31. The SMILES string of the molecule is Cc1ccc(C(=O)N2CC(CN)C2)cc1O. The Morgan fingerprint density at radius 3 is 2.81 bits per heavy atom. The van der Waals surface area contributed by atoms with Crippen molar-refractivity contribution in [1.82, 2.24) is 4.90 Å². The lowest BCUT2D eigenvalue weighted by atomic mass is 9.99. The predicted molar refractivity (Wildman–Crippen MR) is 61.3 cm³/mol. The number of hydrogen-bond donors (Lipinski definition) is 2. The van der Waals surface area contributed by atoms with Crippen LogP contribution in [-0.4, -0.2) is 35.5 Å². The molecule has 0 radical (unpaired) electrons. The summed E-state index contributed by atoms with van der Waals surface area (Å²) in [7, 11) is 0. The molecule has 0 atom stereocenters. The Morgan fingerprint density at radius 2 is 2.25 bits per heavy atom. The van der Waals surface area contributed by atoms with E-state index in [2.05, 4.69) is 0 Å². The Hall–Kier alpha value is -1.55. The van der Waals surface area contributed by atoms with E-state index >= 15 is 0 Å². The summed E-state index contributed by atoms with van der Waals surface area (Å²) in [5.41, 5.74) is 6.82. The number of carbonyl (C=O) groups excluding carboxylic acids is 1. The molecule has 1 aromatic carbocycles. The standard InChI is InChI=1S/C12H16N2O2/c1-8-2-3-10(4-11(8)15)12(16)14-6-9(5-13)7-14/h2-4,9,15H,5-7,13H2,1H3. The van der Waals surface area contributed by atoms with Gasteiger partial charge in [0.05, 0.1) is 0 Å². The van der Waals surface area contributed by atoms with Crippen molar-refractivity contribution in [2.75, 3.05) is 19.6 Å². The summed E-state index contributed by atoms with van der Waals surface area (Å²) in [6.07, 6.45) is 0. The fraction of sp³-hybridized carbons (Fsp3) is 0.417. The topological polar surface area (TPSA) is 66.6 Å². The van der Waals surface area contributed by atoms with E-state index in [0.717, 1.165) is 18.7 Å². The van der Waals surface area contributed by atoms with Crippen LogP contribution in [-0.2, 0) is 0 Å². The second-order valence-electron chi connectivity index (χ2n) is 4.31. The number of aromatic hydroxyl groups is 1. The first-order valence-electron chi connectivity index (χ1n) is 5.40. The molecule has 0 bridgehead atoms. The molecule has 2 rings (SSSR count). The Labute approximate surface area is 94.7 Å². The average molecular weight is 220 g/mol. The number of rotatable bonds is 2. The molecule has 3 N–H and O–H groups in total. The van der Waals surface area contributed by atoms with Gasteiger partial charge in [0.2, 0.25) is 0 Å². The number of nitrogens with two attached hydrogens (primary N) is 1. The highest BCUT2D eigenvalue weighted by Gasteiger charge is 2.30. The Balaban J connectivity index is 2.07. The summed E-state index contributed by atoms with van der Waals surface area (Å²) in [6.45, 7) is 3.88. The average Bonchev–Trinajstić information content (AvgIpc) is 2.20. The van der Waals surface area contributed by atoms with Crippen molar-refractivity contribution in [1.29, 1.82) is 0 Å². The Bertz CT molecular complexity index is 411. The van der Waals surface area contributed by atoms with Gasteiger partial charge in [-0.25, -0.2) is 0 Å². The molecule has 0 unspecified atom stereocenters. The number of aryl methyl sites for hydroxylation is 1. The van der Waals surface area contributed by atoms with Crippen LogP contribution in [0.1, 0.15) is 15.9 Å². The highest BCUT2D eigenvalue weighted by molar-refractivity contribution is 5.95. The first-order valence-corrected chi connectivity index (χ1v) is 5.40. The third-order valence-corrected chi connectivity index (χ3v) is 3.03. The number of nitrogens with zero attached hydrogens (tertiary/aromatic N) is 1. The van der Waals surface area contributed by atoms with E-state index in [1.165, 1.54) is 6.07 Å². The van der Waals surface area contributed by atoms with Gasteiger partial charge in [-0.05, 0) is 31.2 Å². The maximum Gasteiger partial charge on any atom is 0.254 e. The number of phenolic OH excluding ortho intramolecular Hbond substituents is 1. The van der Waals surface area contributed by atoms with Crippen LogP contribution in [0.5, 0.6) is 5.75 Å². The number of benzene rings is 1. The van der Waals surface area contributed by atoms with Crippen molar-refractivity contribution in [3.8, 4) is 5.75 Å². The molecule has 0 saturated carbocycles. The van der Waals surface area contributed by atoms with Gasteiger partial charge in [0.15, 0.2) is 0 Å². The molecule has 4 nitrogen and oxygen atoms in total. The molecule has 1 aliphatic rings. The van der Waals surface area contributed by atoms with Gasteiger partial charge in [-0.2, -0.15) is 0 Å². The highest BCUT2D eigenvalue weighted by atomic mass is 16.3. The second-order valence-corrected chi connectivity index (χ2v) is 4.31. The monoisotopic (exact) mass is 220 g/mol. The minimum absolute atomic E-state index is 0.0278. The largest absolute Gasteiger partial charge is 0.508 e. The lowest BCUT2D eigenvalue weighted by molar-refractivity contribution is 0.0515. The number of phenols is 1. The molecule has 4 heteroatoms. The van der Waals surface area contributed by atoms with Gasteiger partial charge >= 0.3 is 0 Å². The number of hydrogen-bond acceptors (Lipinski definition) is 3. The normalized spacial score (nSPS) is 16.0. The Kier molecular flexibility index (Phi) is 2.83. The van der Waals surface area contributed by atoms with E-state index in [0.29, 0.717) is 18.0 Å². The minimum Gasteiger partial charge on any atom is -0.508 e. The van der Waals surface area contributed by atoms with Crippen LogP contribution in [0.15, 0.2) is 18.2 Å². The number of likely N-dealkylation sites (tertiary alicyclic amines) is 1. The quantitative estimate of drug-likeness (QED) is 0.772. The summed E-state index contributed by atoms with van der Waals surface area (Å²) < 4.78 is 0. The van der Waals surface area contributed by atoms with Crippen molar-refractivity contribution >= 4 is 5.91 Å². The summed E-state index contributed by atoms with van der Waals surface area (Å²) in [5, 5.41) is 9.53. The molecule has 0 spiro atoms. The van der Waals surface area contributed by atoms with Crippen LogP contribution in [0.25, 0.3) is 0 Å². The molecule has 1 fully saturated rings. The van der Waals surface area contributed by atoms with Crippen molar-refractivity contribution in [2.24, 2.45) is 11.7 Å². The zero-order chi connectivity index (χ0) is 11.7. The Morgan fingerprint density at radius 1 is 1.56 bits per heavy atom. The van der Waals surface area contributed by atoms with Crippen LogP contribution in [0.2, 0.25) is 0 Å². The van der Waals surface area contributed by atoms with E-state index in [-0.39, 0.29) is 11.7 Å². The third-order valence-electron chi connectivity index (χ3n) is 3.03. The molecule has 16 heavy (non-hydrogen) atoms. The van der Waals surface area contributed by atoms with Crippen molar-refractivity contribution in [3.05, 3.63) is 29.3 Å².